The lowest BCUT2D eigenvalue weighted by molar-refractivity contribution is 0.0206. The van der Waals surface area contributed by atoms with E-state index in [4.69, 9.17) is 9.47 Å². The highest BCUT2D eigenvalue weighted by Gasteiger charge is 2.20. The first-order valence-electron chi connectivity index (χ1n) is 7.62. The Labute approximate surface area is 145 Å². The number of carbonyl (C=O) groups is 1. The number of rotatable bonds is 2. The van der Waals surface area contributed by atoms with E-state index in [2.05, 4.69) is 47.5 Å². The zero-order valence-corrected chi connectivity index (χ0v) is 16.2. The molecule has 0 N–H and O–H groups in total. The van der Waals surface area contributed by atoms with Crippen molar-refractivity contribution in [2.45, 2.75) is 58.0 Å². The Kier molecular flexibility index (Phi) is 4.81. The van der Waals surface area contributed by atoms with Gasteiger partial charge in [0.2, 0.25) is 0 Å². The first-order chi connectivity index (χ1) is 10.5. The molecule has 1 heterocycles. The van der Waals surface area contributed by atoms with Gasteiger partial charge >= 0.3 is 6.16 Å². The van der Waals surface area contributed by atoms with Gasteiger partial charge < -0.3 is 14.0 Å². The summed E-state index contributed by atoms with van der Waals surface area (Å²) in [5, 5.41) is 1.81. The van der Waals surface area contributed by atoms with Crippen LogP contribution in [0.1, 0.15) is 47.1 Å². The van der Waals surface area contributed by atoms with E-state index in [0.717, 1.165) is 21.8 Å². The average molecular weight is 382 g/mol. The summed E-state index contributed by atoms with van der Waals surface area (Å²) in [7, 11) is 0. The first kappa shape index (κ1) is 17.9. The van der Waals surface area contributed by atoms with Gasteiger partial charge in [0.1, 0.15) is 11.4 Å². The molecule has 126 valence electrons. The number of halogens is 1. The van der Waals surface area contributed by atoms with Crippen molar-refractivity contribution in [3.8, 4) is 5.75 Å². The second kappa shape index (κ2) is 6.19. The summed E-state index contributed by atoms with van der Waals surface area (Å²) in [6, 6.07) is 5.66. The van der Waals surface area contributed by atoms with E-state index in [-0.39, 0.29) is 5.54 Å². The third-order valence-corrected chi connectivity index (χ3v) is 3.92. The molecule has 5 heteroatoms. The molecule has 23 heavy (non-hydrogen) atoms. The van der Waals surface area contributed by atoms with Gasteiger partial charge in [-0.3, -0.25) is 0 Å². The molecule has 0 fully saturated rings. The van der Waals surface area contributed by atoms with Gasteiger partial charge in [0.05, 0.1) is 0 Å². The SMILES string of the molecule is CC(C)(C)OC(=O)Oc1ccc2c(c1)c(CBr)cn2C(C)(C)C. The molecule has 2 aromatic rings. The van der Waals surface area contributed by atoms with E-state index in [1.54, 1.807) is 6.07 Å². The molecule has 0 saturated carbocycles. The number of benzene rings is 1. The highest BCUT2D eigenvalue weighted by atomic mass is 79.9. The monoisotopic (exact) mass is 381 g/mol. The molecule has 0 radical (unpaired) electrons. The van der Waals surface area contributed by atoms with Crippen LogP contribution in [0.15, 0.2) is 24.4 Å². The summed E-state index contributed by atoms with van der Waals surface area (Å²) in [6.07, 6.45) is 1.45. The maximum Gasteiger partial charge on any atom is 0.514 e. The van der Waals surface area contributed by atoms with Crippen molar-refractivity contribution in [3.05, 3.63) is 30.0 Å². The number of fused-ring (bicyclic) bond motifs is 1. The summed E-state index contributed by atoms with van der Waals surface area (Å²) < 4.78 is 12.7. The molecule has 0 aliphatic heterocycles. The van der Waals surface area contributed by atoms with Crippen LogP contribution in [0, 0.1) is 0 Å². The molecular formula is C18H24BrNO3. The van der Waals surface area contributed by atoms with Gasteiger partial charge in [-0.25, -0.2) is 4.79 Å². The number of alkyl halides is 1. The minimum absolute atomic E-state index is 0.0216. The fourth-order valence-corrected chi connectivity index (χ4v) is 2.82. The Morgan fingerprint density at radius 2 is 1.83 bits per heavy atom. The summed E-state index contributed by atoms with van der Waals surface area (Å²) in [5.41, 5.74) is 1.68. The third-order valence-electron chi connectivity index (χ3n) is 3.32. The van der Waals surface area contributed by atoms with Crippen molar-refractivity contribution in [2.75, 3.05) is 0 Å². The van der Waals surface area contributed by atoms with Gasteiger partial charge in [0, 0.05) is 28.0 Å². The molecule has 1 aromatic carbocycles. The molecule has 0 aliphatic carbocycles. The zero-order valence-electron chi connectivity index (χ0n) is 14.6. The van der Waals surface area contributed by atoms with Crippen LogP contribution in [0.5, 0.6) is 5.75 Å². The van der Waals surface area contributed by atoms with Crippen molar-refractivity contribution >= 4 is 33.0 Å². The summed E-state index contributed by atoms with van der Waals surface area (Å²) >= 11 is 3.53. The molecule has 0 amide bonds. The highest BCUT2D eigenvalue weighted by Crippen LogP contribution is 2.31. The molecule has 2 rings (SSSR count). The lowest BCUT2D eigenvalue weighted by atomic mass is 10.1. The van der Waals surface area contributed by atoms with Crippen LogP contribution in [0.3, 0.4) is 0 Å². The maximum atomic E-state index is 11.8. The number of hydrogen-bond donors (Lipinski definition) is 0. The van der Waals surface area contributed by atoms with E-state index in [1.807, 2.05) is 32.9 Å². The van der Waals surface area contributed by atoms with Crippen LogP contribution in [0.25, 0.3) is 10.9 Å². The van der Waals surface area contributed by atoms with Gasteiger partial charge in [-0.2, -0.15) is 0 Å². The topological polar surface area (TPSA) is 40.5 Å². The van der Waals surface area contributed by atoms with Gasteiger partial charge in [-0.15, -0.1) is 0 Å². The molecule has 4 nitrogen and oxygen atoms in total. The Bertz CT molecular complexity index is 720. The van der Waals surface area contributed by atoms with Gasteiger partial charge in [-0.1, -0.05) is 15.9 Å². The fraction of sp³-hybridized carbons (Fsp3) is 0.500. The smallest absolute Gasteiger partial charge is 0.428 e. The summed E-state index contributed by atoms with van der Waals surface area (Å²) in [4.78, 5) is 11.8. The minimum Gasteiger partial charge on any atom is -0.428 e. The van der Waals surface area contributed by atoms with Crippen LogP contribution >= 0.6 is 15.9 Å². The van der Waals surface area contributed by atoms with Crippen LogP contribution < -0.4 is 4.74 Å². The van der Waals surface area contributed by atoms with Gasteiger partial charge in [0.25, 0.3) is 0 Å². The number of ether oxygens (including phenoxy) is 2. The molecular weight excluding hydrogens is 358 g/mol. The van der Waals surface area contributed by atoms with Crippen molar-refractivity contribution in [1.29, 1.82) is 0 Å². The predicted octanol–water partition coefficient (Wildman–Crippen LogP) is 5.61. The van der Waals surface area contributed by atoms with Crippen molar-refractivity contribution in [1.82, 2.24) is 4.57 Å². The third kappa shape index (κ3) is 4.28. The van der Waals surface area contributed by atoms with Crippen molar-refractivity contribution in [2.24, 2.45) is 0 Å². The van der Waals surface area contributed by atoms with Crippen molar-refractivity contribution in [3.63, 3.8) is 0 Å². The lowest BCUT2D eigenvalue weighted by Gasteiger charge is -2.22. The second-order valence-electron chi connectivity index (χ2n) is 7.57. The van der Waals surface area contributed by atoms with E-state index in [9.17, 15) is 4.79 Å². The number of carbonyl (C=O) groups excluding carboxylic acids is 1. The number of hydrogen-bond acceptors (Lipinski definition) is 3. The summed E-state index contributed by atoms with van der Waals surface area (Å²) in [6.45, 7) is 11.9. The van der Waals surface area contributed by atoms with Crippen LogP contribution in [0.2, 0.25) is 0 Å². The largest absolute Gasteiger partial charge is 0.514 e. The molecule has 0 atom stereocenters. The van der Waals surface area contributed by atoms with Crippen LogP contribution in [-0.4, -0.2) is 16.3 Å². The van der Waals surface area contributed by atoms with E-state index < -0.39 is 11.8 Å². The van der Waals surface area contributed by atoms with Crippen LogP contribution in [0.4, 0.5) is 4.79 Å². The maximum absolute atomic E-state index is 11.8. The molecule has 0 aliphatic rings. The molecule has 0 bridgehead atoms. The normalized spacial score (nSPS) is 12.5. The minimum atomic E-state index is -0.688. The van der Waals surface area contributed by atoms with E-state index in [1.165, 1.54) is 0 Å². The highest BCUT2D eigenvalue weighted by molar-refractivity contribution is 9.08. The molecule has 0 saturated heterocycles. The van der Waals surface area contributed by atoms with Gasteiger partial charge in [-0.05, 0) is 65.3 Å². The molecule has 0 spiro atoms. The quantitative estimate of drug-likeness (QED) is 0.385. The number of aromatic nitrogens is 1. The predicted molar refractivity (Wildman–Crippen MR) is 96.4 cm³/mol. The Balaban J connectivity index is 2.37. The first-order valence-corrected chi connectivity index (χ1v) is 8.75. The number of nitrogens with zero attached hydrogens (tertiary/aromatic N) is 1. The van der Waals surface area contributed by atoms with Crippen LogP contribution in [-0.2, 0) is 15.6 Å². The Morgan fingerprint density at radius 1 is 1.17 bits per heavy atom. The fourth-order valence-electron chi connectivity index (χ4n) is 2.37. The second-order valence-corrected chi connectivity index (χ2v) is 8.13. The standard InChI is InChI=1S/C18H24BrNO3/c1-17(2,3)20-11-12(10-19)14-9-13(7-8-15(14)20)22-16(21)23-18(4,5)6/h7-9,11H,10H2,1-6H3. The van der Waals surface area contributed by atoms with E-state index in [0.29, 0.717) is 5.75 Å². The zero-order chi connectivity index (χ0) is 17.4. The molecule has 0 unspecified atom stereocenters. The molecule has 1 aromatic heterocycles. The average Bonchev–Trinajstić information content (AvgIpc) is 2.74. The summed E-state index contributed by atoms with van der Waals surface area (Å²) in [5.74, 6) is 0.487. The van der Waals surface area contributed by atoms with Gasteiger partial charge in [0.15, 0.2) is 0 Å². The van der Waals surface area contributed by atoms with E-state index >= 15 is 0 Å². The lowest BCUT2D eigenvalue weighted by Crippen LogP contribution is -2.26. The Hall–Kier alpha value is -1.49. The van der Waals surface area contributed by atoms with Crippen molar-refractivity contribution < 1.29 is 14.3 Å². The Morgan fingerprint density at radius 3 is 2.35 bits per heavy atom.